The Kier molecular flexibility index (Phi) is 15.6. The molecule has 64 heavy (non-hydrogen) atoms. The number of imidazole rings is 2. The zero-order chi connectivity index (χ0) is 46.5. The van der Waals surface area contributed by atoms with Gasteiger partial charge in [0.05, 0.1) is 36.1 Å². The van der Waals surface area contributed by atoms with Crippen LogP contribution in [0, 0.1) is 6.92 Å². The van der Waals surface area contributed by atoms with Crippen molar-refractivity contribution in [3.63, 3.8) is 0 Å². The minimum absolute atomic E-state index is 0.0222. The fourth-order valence-corrected chi connectivity index (χ4v) is 6.36. The van der Waals surface area contributed by atoms with E-state index in [2.05, 4.69) is 30.7 Å². The molecule has 0 atom stereocenters. The number of methoxy groups -OCH3 is 1. The van der Waals surface area contributed by atoms with Gasteiger partial charge in [0, 0.05) is 49.2 Å². The molecule has 0 saturated carbocycles. The SMILES string of the molecule is CCN=C(/C=C(/C)N)C(=O)Nc1nc2cc(C=O)cc(OC)c2n1C/C=C/Cn1c(NC(=O)c2cc(C)nn2CC)nc2cc(C=O)cc(OC/C=C/CN=C/C(N)=C(\N)C(=O)O)c21. The minimum Gasteiger partial charge on any atom is -0.494 e. The molecule has 9 N–H and O–H groups in total. The van der Waals surface area contributed by atoms with Crippen molar-refractivity contribution in [2.75, 3.05) is 37.4 Å². The number of allylic oxidation sites excluding steroid dienone is 4. The predicted octanol–water partition coefficient (Wildman–Crippen LogP) is 3.53. The molecule has 3 heterocycles. The summed E-state index contributed by atoms with van der Waals surface area (Å²) in [6.07, 6.45) is 10.9. The molecule has 0 bridgehead atoms. The number of hydrogen-bond acceptors (Lipinski definition) is 15. The number of carboxylic acids is 1. The first kappa shape index (κ1) is 46.7. The van der Waals surface area contributed by atoms with Crippen LogP contribution in [0.3, 0.4) is 0 Å². The van der Waals surface area contributed by atoms with Crippen molar-refractivity contribution < 1.29 is 38.6 Å². The number of nitrogens with one attached hydrogen (secondary N) is 2. The number of carbonyl (C=O) groups excluding carboxylic acids is 4. The first-order chi connectivity index (χ1) is 30.7. The number of fused-ring (bicyclic) bond motifs is 2. The Hall–Kier alpha value is -8.36. The Bertz CT molecular complexity index is 2780. The van der Waals surface area contributed by atoms with E-state index in [0.717, 1.165) is 6.21 Å². The van der Waals surface area contributed by atoms with Crippen LogP contribution in [-0.4, -0.2) is 103 Å². The van der Waals surface area contributed by atoms with E-state index in [-0.39, 0.29) is 60.9 Å². The van der Waals surface area contributed by atoms with Crippen molar-refractivity contribution in [2.24, 2.45) is 27.2 Å². The second-order valence-corrected chi connectivity index (χ2v) is 13.9. The summed E-state index contributed by atoms with van der Waals surface area (Å²) in [5.41, 5.74) is 19.9. The van der Waals surface area contributed by atoms with E-state index >= 15 is 0 Å². The van der Waals surface area contributed by atoms with Crippen LogP contribution in [0.5, 0.6) is 11.5 Å². The number of nitrogens with two attached hydrogens (primary N) is 3. The fraction of sp³-hybridized carbons (Fsp3) is 0.256. The quantitative estimate of drug-likeness (QED) is 0.0266. The number of aliphatic carboxylic acids is 1. The van der Waals surface area contributed by atoms with Crippen molar-refractivity contribution in [1.82, 2.24) is 28.9 Å². The molecule has 21 nitrogen and oxygen atoms in total. The van der Waals surface area contributed by atoms with E-state index in [1.165, 1.54) is 13.2 Å². The highest BCUT2D eigenvalue weighted by Crippen LogP contribution is 2.32. The van der Waals surface area contributed by atoms with Gasteiger partial charge < -0.3 is 40.9 Å². The predicted molar refractivity (Wildman–Crippen MR) is 242 cm³/mol. The largest absolute Gasteiger partial charge is 0.494 e. The van der Waals surface area contributed by atoms with Gasteiger partial charge in [0.2, 0.25) is 11.9 Å². The van der Waals surface area contributed by atoms with Gasteiger partial charge in [-0.15, -0.1) is 0 Å². The number of carboxylic acid groups (broad SMARTS) is 1. The highest BCUT2D eigenvalue weighted by atomic mass is 16.5. The van der Waals surface area contributed by atoms with Crippen LogP contribution in [0.25, 0.3) is 22.1 Å². The minimum atomic E-state index is -1.36. The van der Waals surface area contributed by atoms with Crippen LogP contribution in [0.15, 0.2) is 87.8 Å². The van der Waals surface area contributed by atoms with Gasteiger partial charge in [-0.25, -0.2) is 14.8 Å². The molecule has 2 aromatic carbocycles. The number of benzene rings is 2. The third kappa shape index (κ3) is 11.1. The van der Waals surface area contributed by atoms with Gasteiger partial charge in [0.15, 0.2) is 0 Å². The summed E-state index contributed by atoms with van der Waals surface area (Å²) >= 11 is 0. The van der Waals surface area contributed by atoms with Gasteiger partial charge in [-0.05, 0) is 70.2 Å². The van der Waals surface area contributed by atoms with Gasteiger partial charge in [-0.3, -0.25) is 44.5 Å². The van der Waals surface area contributed by atoms with E-state index < -0.39 is 23.5 Å². The zero-order valence-electron chi connectivity index (χ0n) is 35.9. The number of nitrogens with zero attached hydrogens (tertiary/aromatic N) is 8. The lowest BCUT2D eigenvalue weighted by molar-refractivity contribution is -0.132. The second-order valence-electron chi connectivity index (χ2n) is 13.9. The highest BCUT2D eigenvalue weighted by Gasteiger charge is 2.22. The number of rotatable bonds is 21. The van der Waals surface area contributed by atoms with Crippen LogP contribution in [-0.2, 0) is 29.2 Å². The molecule has 2 amide bonds. The molecular weight excluding hydrogens is 827 g/mol. The molecule has 334 valence electrons. The lowest BCUT2D eigenvalue weighted by Gasteiger charge is -2.12. The first-order valence-corrected chi connectivity index (χ1v) is 19.8. The summed E-state index contributed by atoms with van der Waals surface area (Å²) in [6.45, 7) is 8.24. The number of carbonyl (C=O) groups is 5. The summed E-state index contributed by atoms with van der Waals surface area (Å²) in [5.74, 6) is -1.49. The second kappa shape index (κ2) is 21.4. The average Bonchev–Trinajstić information content (AvgIpc) is 3.94. The smallest absolute Gasteiger partial charge is 0.353 e. The van der Waals surface area contributed by atoms with Crippen molar-refractivity contribution in [2.45, 2.75) is 47.3 Å². The zero-order valence-corrected chi connectivity index (χ0v) is 35.9. The van der Waals surface area contributed by atoms with Crippen LogP contribution < -0.4 is 37.3 Å². The van der Waals surface area contributed by atoms with E-state index in [1.807, 2.05) is 6.92 Å². The molecule has 0 radical (unpaired) electrons. The van der Waals surface area contributed by atoms with Crippen molar-refractivity contribution in [3.05, 3.63) is 100 Å². The molecule has 21 heteroatoms. The maximum atomic E-state index is 13.7. The highest BCUT2D eigenvalue weighted by molar-refractivity contribution is 6.47. The Balaban J connectivity index is 1.53. The van der Waals surface area contributed by atoms with Crippen LogP contribution in [0.1, 0.15) is 57.7 Å². The Morgan fingerprint density at radius 2 is 1.47 bits per heavy atom. The van der Waals surface area contributed by atoms with Crippen molar-refractivity contribution in [3.8, 4) is 11.5 Å². The molecule has 0 unspecified atom stereocenters. The number of ether oxygens (including phenoxy) is 2. The number of hydrogen-bond donors (Lipinski definition) is 6. The van der Waals surface area contributed by atoms with Gasteiger partial charge in [-0.1, -0.05) is 18.2 Å². The lowest BCUT2D eigenvalue weighted by atomic mass is 10.2. The molecule has 5 aromatic rings. The molecule has 0 spiro atoms. The first-order valence-electron chi connectivity index (χ1n) is 19.8. The molecule has 3 aromatic heterocycles. The maximum absolute atomic E-state index is 13.7. The Morgan fingerprint density at radius 3 is 2.03 bits per heavy atom. The lowest BCUT2D eigenvalue weighted by Crippen LogP contribution is -2.24. The topological polar surface area (TPSA) is 304 Å². The van der Waals surface area contributed by atoms with E-state index in [9.17, 15) is 24.0 Å². The maximum Gasteiger partial charge on any atom is 0.353 e. The summed E-state index contributed by atoms with van der Waals surface area (Å²) in [6, 6.07) is 7.92. The Labute approximate surface area is 366 Å². The van der Waals surface area contributed by atoms with Crippen LogP contribution in [0.4, 0.5) is 11.9 Å². The Morgan fingerprint density at radius 1 is 0.859 bits per heavy atom. The molecule has 0 fully saturated rings. The number of aliphatic imine (C=N–C) groups is 2. The number of aryl methyl sites for hydroxylation is 2. The summed E-state index contributed by atoms with van der Waals surface area (Å²) in [4.78, 5) is 79.8. The number of aldehydes is 2. The molecular formula is C43H49N13O8. The fourth-order valence-electron chi connectivity index (χ4n) is 6.36. The van der Waals surface area contributed by atoms with Crippen molar-refractivity contribution >= 4 is 76.2 Å². The van der Waals surface area contributed by atoms with Gasteiger partial charge in [0.1, 0.15) is 58.8 Å². The number of aromatic nitrogens is 6. The van der Waals surface area contributed by atoms with Crippen LogP contribution >= 0.6 is 0 Å². The monoisotopic (exact) mass is 875 g/mol. The van der Waals surface area contributed by atoms with Gasteiger partial charge >= 0.3 is 5.97 Å². The third-order valence-corrected chi connectivity index (χ3v) is 9.19. The van der Waals surface area contributed by atoms with E-state index in [4.69, 9.17) is 36.8 Å². The summed E-state index contributed by atoms with van der Waals surface area (Å²) in [5, 5.41) is 19.1. The standard InChI is InChI=1S/C43H49N13O8/c1-6-48-32(16-25(3)44)39(59)51-42-49-30-18-27(23-57)20-34(63-5)37(30)54(42)13-9-10-14-55-38-31(50-43(55)52-40(60)33-17-26(4)53-56(33)7-2)19-28(24-58)21-35(38)64-15-11-8-12-47-22-29(45)36(46)41(61)62/h8-11,16-24H,6-7,12-15,44-46H2,1-5H3,(H,61,62)(H,49,51,59)(H,50,52,60)/b10-9+,11-8+,25-16-,36-29+,47-22?,48-32?. The molecule has 0 aliphatic rings. The van der Waals surface area contributed by atoms with Crippen molar-refractivity contribution in [1.29, 1.82) is 0 Å². The summed E-state index contributed by atoms with van der Waals surface area (Å²) in [7, 11) is 1.46. The number of anilines is 2. The van der Waals surface area contributed by atoms with E-state index in [1.54, 1.807) is 89.2 Å². The number of amides is 2. The molecule has 0 aliphatic carbocycles. The normalized spacial score (nSPS) is 12.7. The summed E-state index contributed by atoms with van der Waals surface area (Å²) < 4.78 is 16.8. The van der Waals surface area contributed by atoms with Gasteiger partial charge in [-0.2, -0.15) is 5.10 Å². The molecule has 5 rings (SSSR count). The molecule has 0 aliphatic heterocycles. The third-order valence-electron chi connectivity index (χ3n) is 9.19. The van der Waals surface area contributed by atoms with E-state index in [0.29, 0.717) is 76.1 Å². The average molecular weight is 876 g/mol. The van der Waals surface area contributed by atoms with Gasteiger partial charge in [0.25, 0.3) is 11.8 Å². The van der Waals surface area contributed by atoms with Crippen LogP contribution in [0.2, 0.25) is 0 Å². The molecule has 0 saturated heterocycles.